The zero-order chi connectivity index (χ0) is 16.9. The average molecular weight is 323 g/mol. The molecule has 1 aromatic heterocycles. The lowest BCUT2D eigenvalue weighted by atomic mass is 10.1. The van der Waals surface area contributed by atoms with Crippen molar-refractivity contribution < 1.29 is 19.4 Å². The number of carboxylic acid groups (broad SMARTS) is 1. The van der Waals surface area contributed by atoms with Gasteiger partial charge < -0.3 is 14.6 Å². The number of hydrogen-bond donors (Lipinski definition) is 2. The molecule has 0 aromatic carbocycles. The second-order valence-corrected chi connectivity index (χ2v) is 5.89. The molecule has 0 bridgehead atoms. The molecule has 0 aliphatic rings. The lowest BCUT2D eigenvalue weighted by Crippen LogP contribution is -2.01. The Morgan fingerprint density at radius 1 is 1.26 bits per heavy atom. The van der Waals surface area contributed by atoms with Gasteiger partial charge in [0.1, 0.15) is 5.76 Å². The van der Waals surface area contributed by atoms with E-state index in [1.54, 1.807) is 6.08 Å². The predicted octanol–water partition coefficient (Wildman–Crippen LogP) is 4.21. The SMILES string of the molecule is CCCCCC(O)C=Cc1ocnc1CCCCCCC(=O)O. The van der Waals surface area contributed by atoms with Crippen LogP contribution in [0.3, 0.4) is 0 Å². The van der Waals surface area contributed by atoms with E-state index in [4.69, 9.17) is 9.52 Å². The van der Waals surface area contributed by atoms with E-state index in [9.17, 15) is 9.90 Å². The topological polar surface area (TPSA) is 83.6 Å². The van der Waals surface area contributed by atoms with Crippen LogP contribution in [0.5, 0.6) is 0 Å². The van der Waals surface area contributed by atoms with Crippen LogP contribution in [-0.4, -0.2) is 27.3 Å². The summed E-state index contributed by atoms with van der Waals surface area (Å²) in [6.45, 7) is 2.14. The molecule has 5 heteroatoms. The fourth-order valence-electron chi connectivity index (χ4n) is 2.42. The number of carbonyl (C=O) groups is 1. The quantitative estimate of drug-likeness (QED) is 0.531. The number of aromatic nitrogens is 1. The predicted molar refractivity (Wildman–Crippen MR) is 90.1 cm³/mol. The van der Waals surface area contributed by atoms with Gasteiger partial charge in [-0.05, 0) is 31.8 Å². The standard InChI is InChI=1S/C18H29NO4/c1-2-3-6-9-15(20)12-13-17-16(19-14-23-17)10-7-4-5-8-11-18(21)22/h12-15,20H,2-11H2,1H3,(H,21,22). The van der Waals surface area contributed by atoms with Crippen LogP contribution in [-0.2, 0) is 11.2 Å². The molecule has 1 heterocycles. The molecule has 1 rings (SSSR count). The van der Waals surface area contributed by atoms with Crippen LogP contribution in [0, 0.1) is 0 Å². The van der Waals surface area contributed by atoms with Crippen LogP contribution in [0.25, 0.3) is 6.08 Å². The van der Waals surface area contributed by atoms with E-state index in [0.717, 1.165) is 63.5 Å². The molecule has 0 aliphatic carbocycles. The van der Waals surface area contributed by atoms with E-state index in [0.29, 0.717) is 5.76 Å². The van der Waals surface area contributed by atoms with Crippen molar-refractivity contribution in [2.75, 3.05) is 0 Å². The summed E-state index contributed by atoms with van der Waals surface area (Å²) < 4.78 is 5.36. The Labute approximate surface area is 138 Å². The number of carboxylic acids is 1. The summed E-state index contributed by atoms with van der Waals surface area (Å²) in [6, 6.07) is 0. The highest BCUT2D eigenvalue weighted by Crippen LogP contribution is 2.15. The van der Waals surface area contributed by atoms with Crippen LogP contribution >= 0.6 is 0 Å². The molecule has 1 unspecified atom stereocenters. The Morgan fingerprint density at radius 2 is 2.04 bits per heavy atom. The van der Waals surface area contributed by atoms with Crippen LogP contribution in [0.2, 0.25) is 0 Å². The fraction of sp³-hybridized carbons (Fsp3) is 0.667. The number of hydrogen-bond acceptors (Lipinski definition) is 4. The smallest absolute Gasteiger partial charge is 0.303 e. The van der Waals surface area contributed by atoms with E-state index in [1.165, 1.54) is 6.39 Å². The van der Waals surface area contributed by atoms with E-state index in [2.05, 4.69) is 11.9 Å². The monoisotopic (exact) mass is 323 g/mol. The molecule has 5 nitrogen and oxygen atoms in total. The van der Waals surface area contributed by atoms with Crippen molar-refractivity contribution in [1.29, 1.82) is 0 Å². The molecule has 2 N–H and O–H groups in total. The molecule has 1 aromatic rings. The van der Waals surface area contributed by atoms with Gasteiger partial charge in [-0.2, -0.15) is 0 Å². The van der Waals surface area contributed by atoms with E-state index < -0.39 is 12.1 Å². The molecule has 130 valence electrons. The minimum Gasteiger partial charge on any atom is -0.481 e. The molecular weight excluding hydrogens is 294 g/mol. The van der Waals surface area contributed by atoms with Gasteiger partial charge in [0.05, 0.1) is 11.8 Å². The number of unbranched alkanes of at least 4 members (excludes halogenated alkanes) is 5. The summed E-state index contributed by atoms with van der Waals surface area (Å²) in [5.74, 6) is -0.0171. The van der Waals surface area contributed by atoms with Crippen LogP contribution in [0.4, 0.5) is 0 Å². The van der Waals surface area contributed by atoms with Gasteiger partial charge in [-0.15, -0.1) is 0 Å². The van der Waals surface area contributed by atoms with Gasteiger partial charge in [0, 0.05) is 6.42 Å². The third-order valence-electron chi connectivity index (χ3n) is 3.80. The number of nitrogens with zero attached hydrogens (tertiary/aromatic N) is 1. The number of aryl methyl sites for hydroxylation is 1. The molecule has 0 fully saturated rings. The maximum absolute atomic E-state index is 10.4. The first-order valence-corrected chi connectivity index (χ1v) is 8.64. The van der Waals surface area contributed by atoms with E-state index in [-0.39, 0.29) is 6.42 Å². The van der Waals surface area contributed by atoms with Gasteiger partial charge in [0.15, 0.2) is 6.39 Å². The van der Waals surface area contributed by atoms with Crippen molar-refractivity contribution in [1.82, 2.24) is 4.98 Å². The van der Waals surface area contributed by atoms with Crippen molar-refractivity contribution in [3.05, 3.63) is 23.9 Å². The molecule has 0 radical (unpaired) electrons. The van der Waals surface area contributed by atoms with Gasteiger partial charge in [-0.25, -0.2) is 4.98 Å². The number of rotatable bonds is 13. The summed E-state index contributed by atoms with van der Waals surface area (Å²) >= 11 is 0. The highest BCUT2D eigenvalue weighted by molar-refractivity contribution is 5.66. The molecule has 0 aliphatic heterocycles. The number of aliphatic hydroxyl groups is 1. The zero-order valence-corrected chi connectivity index (χ0v) is 14.0. The van der Waals surface area contributed by atoms with Crippen LogP contribution in [0.15, 0.2) is 16.9 Å². The van der Waals surface area contributed by atoms with Crippen molar-refractivity contribution in [2.45, 2.75) is 77.2 Å². The second kappa shape index (κ2) is 11.9. The van der Waals surface area contributed by atoms with Crippen LogP contribution in [0.1, 0.15) is 76.2 Å². The Kier molecular flexibility index (Phi) is 10.0. The molecule has 1 atom stereocenters. The summed E-state index contributed by atoms with van der Waals surface area (Å²) in [5.41, 5.74) is 0.903. The third kappa shape index (κ3) is 9.18. The maximum atomic E-state index is 10.4. The van der Waals surface area contributed by atoms with E-state index >= 15 is 0 Å². The second-order valence-electron chi connectivity index (χ2n) is 5.89. The highest BCUT2D eigenvalue weighted by atomic mass is 16.4. The highest BCUT2D eigenvalue weighted by Gasteiger charge is 2.06. The number of aliphatic hydroxyl groups excluding tert-OH is 1. The van der Waals surface area contributed by atoms with Gasteiger partial charge in [0.25, 0.3) is 0 Å². The maximum Gasteiger partial charge on any atom is 0.303 e. The minimum absolute atomic E-state index is 0.244. The normalized spacial score (nSPS) is 12.8. The van der Waals surface area contributed by atoms with Gasteiger partial charge in [-0.3, -0.25) is 4.79 Å². The van der Waals surface area contributed by atoms with Crippen molar-refractivity contribution in [2.24, 2.45) is 0 Å². The third-order valence-corrected chi connectivity index (χ3v) is 3.80. The Morgan fingerprint density at radius 3 is 2.78 bits per heavy atom. The molecule has 23 heavy (non-hydrogen) atoms. The van der Waals surface area contributed by atoms with Crippen molar-refractivity contribution >= 4 is 12.0 Å². The first-order valence-electron chi connectivity index (χ1n) is 8.64. The van der Waals surface area contributed by atoms with Crippen molar-refractivity contribution in [3.63, 3.8) is 0 Å². The van der Waals surface area contributed by atoms with Crippen molar-refractivity contribution in [3.8, 4) is 0 Å². The van der Waals surface area contributed by atoms with Gasteiger partial charge in [0.2, 0.25) is 0 Å². The molecule has 0 amide bonds. The fourth-order valence-corrected chi connectivity index (χ4v) is 2.42. The largest absolute Gasteiger partial charge is 0.481 e. The van der Waals surface area contributed by atoms with Gasteiger partial charge >= 0.3 is 5.97 Å². The number of oxazole rings is 1. The Balaban J connectivity index is 2.28. The zero-order valence-electron chi connectivity index (χ0n) is 14.0. The van der Waals surface area contributed by atoms with Crippen LogP contribution < -0.4 is 0 Å². The summed E-state index contributed by atoms with van der Waals surface area (Å²) in [6.07, 6.45) is 13.3. The summed E-state index contributed by atoms with van der Waals surface area (Å²) in [5, 5.41) is 18.5. The number of aliphatic carboxylic acids is 1. The molecular formula is C18H29NO4. The van der Waals surface area contributed by atoms with E-state index in [1.807, 2.05) is 6.08 Å². The lowest BCUT2D eigenvalue weighted by Gasteiger charge is -2.04. The molecule has 0 saturated carbocycles. The summed E-state index contributed by atoms with van der Waals surface area (Å²) in [4.78, 5) is 14.6. The molecule has 0 saturated heterocycles. The minimum atomic E-state index is -0.730. The lowest BCUT2D eigenvalue weighted by molar-refractivity contribution is -0.137. The van der Waals surface area contributed by atoms with Gasteiger partial charge in [-0.1, -0.05) is 45.1 Å². The Hall–Kier alpha value is -1.62. The first kappa shape index (κ1) is 19.4. The Bertz CT molecular complexity index is 467. The first-order chi connectivity index (χ1) is 11.1. The molecule has 0 spiro atoms. The average Bonchev–Trinajstić information content (AvgIpc) is 2.96. The summed E-state index contributed by atoms with van der Waals surface area (Å²) in [7, 11) is 0.